The zero-order chi connectivity index (χ0) is 17.6. The topological polar surface area (TPSA) is 52.5 Å². The first-order valence-electron chi connectivity index (χ1n) is 9.12. The van der Waals surface area contributed by atoms with Crippen molar-refractivity contribution in [3.63, 3.8) is 0 Å². The Hall–Kier alpha value is -2.14. The fourth-order valence-corrected chi connectivity index (χ4v) is 4.30. The summed E-state index contributed by atoms with van der Waals surface area (Å²) in [5, 5.41) is 19.2. The van der Waals surface area contributed by atoms with Gasteiger partial charge in [-0.2, -0.15) is 0 Å². The van der Waals surface area contributed by atoms with Crippen LogP contribution in [-0.4, -0.2) is 52.9 Å². The highest BCUT2D eigenvalue weighted by atomic mass is 16.3. The summed E-state index contributed by atoms with van der Waals surface area (Å²) in [4.78, 5) is 4.84. The van der Waals surface area contributed by atoms with E-state index in [9.17, 15) is 5.11 Å². The molecule has 2 aliphatic rings. The van der Waals surface area contributed by atoms with Crippen LogP contribution in [0.5, 0.6) is 5.75 Å². The maximum absolute atomic E-state index is 10.2. The summed E-state index contributed by atoms with van der Waals surface area (Å²) < 4.78 is 0. The summed E-state index contributed by atoms with van der Waals surface area (Å²) >= 11 is 0. The van der Waals surface area contributed by atoms with E-state index in [4.69, 9.17) is 0 Å². The summed E-state index contributed by atoms with van der Waals surface area (Å²) in [5.41, 5.74) is 3.60. The molecule has 0 amide bonds. The molecule has 2 aromatic rings. The Balaban J connectivity index is 1.64. The van der Waals surface area contributed by atoms with E-state index in [0.29, 0.717) is 6.04 Å². The predicted molar refractivity (Wildman–Crippen MR) is 100.0 cm³/mol. The largest absolute Gasteiger partial charge is 0.507 e. The molecular weight excluding hydrogens is 312 g/mol. The SMILES string of the molecule is Cc1ccc(-c2nnc(N3CC[C@@H]4CCN(C)C[C@@H]43)cc2C)c(O)c1. The normalized spacial score (nSPS) is 23.7. The second-order valence-electron chi connectivity index (χ2n) is 7.62. The number of benzene rings is 1. The first-order chi connectivity index (χ1) is 12.0. The molecule has 2 aliphatic heterocycles. The Labute approximate surface area is 149 Å². The molecule has 2 fully saturated rings. The molecule has 25 heavy (non-hydrogen) atoms. The second kappa shape index (κ2) is 6.30. The van der Waals surface area contributed by atoms with Crippen molar-refractivity contribution in [2.75, 3.05) is 31.6 Å². The third-order valence-corrected chi connectivity index (χ3v) is 5.74. The molecule has 0 radical (unpaired) electrons. The van der Waals surface area contributed by atoms with Crippen LogP contribution >= 0.6 is 0 Å². The third kappa shape index (κ3) is 2.97. The van der Waals surface area contributed by atoms with Gasteiger partial charge in [0, 0.05) is 24.7 Å². The van der Waals surface area contributed by atoms with Gasteiger partial charge in [0.2, 0.25) is 0 Å². The van der Waals surface area contributed by atoms with Crippen molar-refractivity contribution >= 4 is 5.82 Å². The smallest absolute Gasteiger partial charge is 0.151 e. The molecule has 2 atom stereocenters. The summed E-state index contributed by atoms with van der Waals surface area (Å²) in [5.74, 6) is 2.01. The van der Waals surface area contributed by atoms with E-state index in [1.54, 1.807) is 6.07 Å². The molecular formula is C20H26N4O. The van der Waals surface area contributed by atoms with Gasteiger partial charge in [-0.1, -0.05) is 6.07 Å². The lowest BCUT2D eigenvalue weighted by Crippen LogP contribution is -2.47. The minimum absolute atomic E-state index is 0.264. The number of nitrogens with zero attached hydrogens (tertiary/aromatic N) is 4. The number of phenolic OH excluding ortho intramolecular Hbond substituents is 1. The number of hydrogen-bond donors (Lipinski definition) is 1. The van der Waals surface area contributed by atoms with Crippen molar-refractivity contribution in [1.82, 2.24) is 15.1 Å². The van der Waals surface area contributed by atoms with Crippen LogP contribution in [0.4, 0.5) is 5.82 Å². The number of likely N-dealkylation sites (N-methyl/N-ethyl adjacent to an activating group) is 1. The maximum Gasteiger partial charge on any atom is 0.151 e. The lowest BCUT2D eigenvalue weighted by molar-refractivity contribution is 0.207. The standard InChI is InChI=1S/C20H26N4O/c1-13-4-5-16(18(25)10-13)20-14(2)11-19(21-22-20)24-9-7-15-6-8-23(3)12-17(15)24/h4-5,10-11,15,17,25H,6-9,12H2,1-3H3/t15-,17-/m0/s1. The Morgan fingerprint density at radius 3 is 2.64 bits per heavy atom. The average molecular weight is 338 g/mol. The number of aromatic nitrogens is 2. The Bertz CT molecular complexity index is 791. The zero-order valence-corrected chi connectivity index (χ0v) is 15.2. The molecule has 4 rings (SSSR count). The van der Waals surface area contributed by atoms with Crippen LogP contribution in [0.3, 0.4) is 0 Å². The van der Waals surface area contributed by atoms with Gasteiger partial charge in [0.05, 0.1) is 5.69 Å². The Kier molecular flexibility index (Phi) is 4.12. The number of aromatic hydroxyl groups is 1. The Morgan fingerprint density at radius 2 is 1.88 bits per heavy atom. The number of hydrogen-bond acceptors (Lipinski definition) is 5. The van der Waals surface area contributed by atoms with Crippen molar-refractivity contribution in [3.8, 4) is 17.0 Å². The molecule has 1 N–H and O–H groups in total. The van der Waals surface area contributed by atoms with Gasteiger partial charge in [0.15, 0.2) is 5.82 Å². The lowest BCUT2D eigenvalue weighted by atomic mass is 9.92. The van der Waals surface area contributed by atoms with Crippen LogP contribution in [0, 0.1) is 19.8 Å². The zero-order valence-electron chi connectivity index (χ0n) is 15.2. The van der Waals surface area contributed by atoms with Gasteiger partial charge in [-0.05, 0) is 75.5 Å². The van der Waals surface area contributed by atoms with Gasteiger partial charge >= 0.3 is 0 Å². The Morgan fingerprint density at radius 1 is 1.08 bits per heavy atom. The van der Waals surface area contributed by atoms with E-state index in [-0.39, 0.29) is 5.75 Å². The van der Waals surface area contributed by atoms with Crippen molar-refractivity contribution in [2.45, 2.75) is 32.7 Å². The molecule has 0 aliphatic carbocycles. The van der Waals surface area contributed by atoms with E-state index < -0.39 is 0 Å². The van der Waals surface area contributed by atoms with E-state index in [0.717, 1.165) is 47.2 Å². The van der Waals surface area contributed by atoms with Crippen molar-refractivity contribution in [2.24, 2.45) is 5.92 Å². The van der Waals surface area contributed by atoms with E-state index in [1.807, 2.05) is 26.0 Å². The first kappa shape index (κ1) is 16.3. The van der Waals surface area contributed by atoms with Gasteiger partial charge in [-0.3, -0.25) is 0 Å². The van der Waals surface area contributed by atoms with Crippen LogP contribution in [0.2, 0.25) is 0 Å². The van der Waals surface area contributed by atoms with Crippen LogP contribution in [0.15, 0.2) is 24.3 Å². The molecule has 0 saturated carbocycles. The fourth-order valence-electron chi connectivity index (χ4n) is 4.30. The number of phenols is 1. The molecule has 5 nitrogen and oxygen atoms in total. The molecule has 3 heterocycles. The van der Waals surface area contributed by atoms with Gasteiger partial charge < -0.3 is 14.9 Å². The number of rotatable bonds is 2. The fraction of sp³-hybridized carbons (Fsp3) is 0.500. The van der Waals surface area contributed by atoms with Gasteiger partial charge in [0.1, 0.15) is 5.75 Å². The summed E-state index contributed by atoms with van der Waals surface area (Å²) in [7, 11) is 2.20. The van der Waals surface area contributed by atoms with Gasteiger partial charge in [-0.25, -0.2) is 0 Å². The number of anilines is 1. The number of fused-ring (bicyclic) bond motifs is 1. The molecule has 1 aromatic carbocycles. The van der Waals surface area contributed by atoms with Crippen LogP contribution < -0.4 is 4.90 Å². The molecule has 2 saturated heterocycles. The molecule has 1 aromatic heterocycles. The summed E-state index contributed by atoms with van der Waals surface area (Å²) in [6, 6.07) is 8.36. The van der Waals surface area contributed by atoms with Gasteiger partial charge in [-0.15, -0.1) is 10.2 Å². The van der Waals surface area contributed by atoms with Crippen LogP contribution in [0.25, 0.3) is 11.3 Å². The van der Waals surface area contributed by atoms with Crippen molar-refractivity contribution in [3.05, 3.63) is 35.4 Å². The molecule has 5 heteroatoms. The van der Waals surface area contributed by atoms with Crippen molar-refractivity contribution in [1.29, 1.82) is 0 Å². The molecule has 132 valence electrons. The summed E-state index contributed by atoms with van der Waals surface area (Å²) in [6.45, 7) is 7.38. The highest BCUT2D eigenvalue weighted by Gasteiger charge is 2.38. The van der Waals surface area contributed by atoms with Gasteiger partial charge in [0.25, 0.3) is 0 Å². The maximum atomic E-state index is 10.2. The lowest BCUT2D eigenvalue weighted by Gasteiger charge is -2.37. The minimum Gasteiger partial charge on any atom is -0.507 e. The highest BCUT2D eigenvalue weighted by molar-refractivity contribution is 5.70. The predicted octanol–water partition coefficient (Wildman–Crippen LogP) is 3.00. The van der Waals surface area contributed by atoms with Crippen LogP contribution in [-0.2, 0) is 0 Å². The molecule has 0 unspecified atom stereocenters. The van der Waals surface area contributed by atoms with E-state index in [1.165, 1.54) is 19.4 Å². The summed E-state index contributed by atoms with van der Waals surface area (Å²) in [6.07, 6.45) is 2.53. The van der Waals surface area contributed by atoms with Crippen molar-refractivity contribution < 1.29 is 5.11 Å². The number of aryl methyl sites for hydroxylation is 2. The minimum atomic E-state index is 0.264. The number of likely N-dealkylation sites (tertiary alicyclic amines) is 1. The second-order valence-corrected chi connectivity index (χ2v) is 7.62. The quantitative estimate of drug-likeness (QED) is 0.912. The molecule has 0 spiro atoms. The van der Waals surface area contributed by atoms with E-state index >= 15 is 0 Å². The van der Waals surface area contributed by atoms with Crippen LogP contribution in [0.1, 0.15) is 24.0 Å². The third-order valence-electron chi connectivity index (χ3n) is 5.74. The number of piperidine rings is 1. The molecule has 0 bridgehead atoms. The highest BCUT2D eigenvalue weighted by Crippen LogP contribution is 2.36. The van der Waals surface area contributed by atoms with E-state index in [2.05, 4.69) is 33.1 Å². The monoisotopic (exact) mass is 338 g/mol. The average Bonchev–Trinajstić information content (AvgIpc) is 2.98. The first-order valence-corrected chi connectivity index (χ1v) is 9.12.